The van der Waals surface area contributed by atoms with E-state index in [1.54, 1.807) is 11.9 Å². The average Bonchev–Trinajstić information content (AvgIpc) is 2.26. The van der Waals surface area contributed by atoms with E-state index in [2.05, 4.69) is 0 Å². The highest BCUT2D eigenvalue weighted by atomic mass is 35.5. The minimum atomic E-state index is 0. The molecule has 2 N–H and O–H groups in total. The third kappa shape index (κ3) is 3.72. The topological polar surface area (TPSA) is 46.3 Å². The monoisotopic (exact) mass is 256 g/mol. The van der Waals surface area contributed by atoms with Crippen LogP contribution in [0.3, 0.4) is 0 Å². The summed E-state index contributed by atoms with van der Waals surface area (Å²) in [4.78, 5) is 13.8. The van der Waals surface area contributed by atoms with E-state index in [-0.39, 0.29) is 24.4 Å². The second kappa shape index (κ2) is 6.62. The van der Waals surface area contributed by atoms with Gasteiger partial charge in [0.25, 0.3) is 5.91 Å². The summed E-state index contributed by atoms with van der Waals surface area (Å²) < 4.78 is 0. The van der Waals surface area contributed by atoms with Crippen molar-refractivity contribution in [1.29, 1.82) is 0 Å². The normalized spacial score (nSPS) is 11.6. The van der Waals surface area contributed by atoms with Gasteiger partial charge in [0.05, 0.1) is 0 Å². The molecule has 1 amide bonds. The smallest absolute Gasteiger partial charge is 0.254 e. The highest BCUT2D eigenvalue weighted by Gasteiger charge is 2.17. The van der Waals surface area contributed by atoms with Crippen LogP contribution in [0.1, 0.15) is 28.4 Å². The number of hydrogen-bond donors (Lipinski definition) is 1. The highest BCUT2D eigenvalue weighted by Crippen LogP contribution is 2.13. The third-order valence-electron chi connectivity index (χ3n) is 2.93. The van der Waals surface area contributed by atoms with Crippen molar-refractivity contribution in [2.45, 2.75) is 26.8 Å². The first-order valence-corrected chi connectivity index (χ1v) is 5.52. The van der Waals surface area contributed by atoms with Crippen molar-refractivity contribution in [1.82, 2.24) is 4.90 Å². The van der Waals surface area contributed by atoms with E-state index in [1.807, 2.05) is 39.0 Å². The number of carbonyl (C=O) groups is 1. The molecule has 3 nitrogen and oxygen atoms in total. The standard InChI is InChI=1S/C13H20N2O.ClH/c1-9-5-6-12(10(2)7-9)13(16)15(4)11(3)8-14;/h5-7,11H,8,14H2,1-4H3;1H. The summed E-state index contributed by atoms with van der Waals surface area (Å²) in [7, 11) is 1.79. The molecular weight excluding hydrogens is 236 g/mol. The fourth-order valence-electron chi connectivity index (χ4n) is 1.60. The van der Waals surface area contributed by atoms with Crippen molar-refractivity contribution in [3.63, 3.8) is 0 Å². The van der Waals surface area contributed by atoms with Crippen molar-refractivity contribution in [2.75, 3.05) is 13.6 Å². The van der Waals surface area contributed by atoms with E-state index >= 15 is 0 Å². The van der Waals surface area contributed by atoms with Gasteiger partial charge < -0.3 is 10.6 Å². The van der Waals surface area contributed by atoms with E-state index in [1.165, 1.54) is 5.56 Å². The summed E-state index contributed by atoms with van der Waals surface area (Å²) >= 11 is 0. The first-order chi connectivity index (χ1) is 7.47. The van der Waals surface area contributed by atoms with Gasteiger partial charge in [-0.1, -0.05) is 17.7 Å². The van der Waals surface area contributed by atoms with Crippen molar-refractivity contribution in [2.24, 2.45) is 5.73 Å². The van der Waals surface area contributed by atoms with Crippen LogP contribution in [-0.2, 0) is 0 Å². The Kier molecular flexibility index (Phi) is 6.21. The molecule has 0 aliphatic carbocycles. The predicted molar refractivity (Wildman–Crippen MR) is 73.8 cm³/mol. The van der Waals surface area contributed by atoms with Gasteiger partial charge in [-0.3, -0.25) is 4.79 Å². The lowest BCUT2D eigenvalue weighted by atomic mass is 10.0. The van der Waals surface area contributed by atoms with Crippen LogP contribution in [0.5, 0.6) is 0 Å². The molecule has 0 spiro atoms. The number of carbonyl (C=O) groups excluding carboxylic acids is 1. The van der Waals surface area contributed by atoms with Gasteiger partial charge in [-0.2, -0.15) is 0 Å². The molecule has 0 aliphatic heterocycles. The third-order valence-corrected chi connectivity index (χ3v) is 2.93. The second-order valence-corrected chi connectivity index (χ2v) is 4.32. The molecule has 4 heteroatoms. The van der Waals surface area contributed by atoms with E-state index in [9.17, 15) is 4.79 Å². The molecule has 1 rings (SSSR count). The zero-order valence-corrected chi connectivity index (χ0v) is 11.7. The number of rotatable bonds is 3. The number of nitrogens with two attached hydrogens (primary N) is 1. The fraction of sp³-hybridized carbons (Fsp3) is 0.462. The molecule has 1 unspecified atom stereocenters. The molecule has 0 saturated heterocycles. The minimum Gasteiger partial charge on any atom is -0.338 e. The summed E-state index contributed by atoms with van der Waals surface area (Å²) in [6, 6.07) is 5.93. The van der Waals surface area contributed by atoms with Crippen molar-refractivity contribution in [3.05, 3.63) is 34.9 Å². The van der Waals surface area contributed by atoms with Gasteiger partial charge in [0.15, 0.2) is 0 Å². The molecule has 1 atom stereocenters. The molecule has 0 aromatic heterocycles. The Morgan fingerprint density at radius 3 is 2.47 bits per heavy atom. The summed E-state index contributed by atoms with van der Waals surface area (Å²) in [5.41, 5.74) is 8.50. The lowest BCUT2D eigenvalue weighted by Crippen LogP contribution is -2.39. The number of benzene rings is 1. The number of halogens is 1. The van der Waals surface area contributed by atoms with Crippen LogP contribution in [0, 0.1) is 13.8 Å². The second-order valence-electron chi connectivity index (χ2n) is 4.32. The molecule has 96 valence electrons. The Bertz CT molecular complexity index is 393. The van der Waals surface area contributed by atoms with Crippen molar-refractivity contribution in [3.8, 4) is 0 Å². The zero-order chi connectivity index (χ0) is 12.3. The quantitative estimate of drug-likeness (QED) is 0.901. The molecule has 0 radical (unpaired) electrons. The molecule has 17 heavy (non-hydrogen) atoms. The molecule has 0 fully saturated rings. The highest BCUT2D eigenvalue weighted by molar-refractivity contribution is 5.95. The maximum Gasteiger partial charge on any atom is 0.254 e. The maximum absolute atomic E-state index is 12.1. The van der Waals surface area contributed by atoms with Gasteiger partial charge in [-0.25, -0.2) is 0 Å². The summed E-state index contributed by atoms with van der Waals surface area (Å²) in [5.74, 6) is 0.0375. The molecule has 0 saturated carbocycles. The summed E-state index contributed by atoms with van der Waals surface area (Å²) in [6.07, 6.45) is 0. The van der Waals surface area contributed by atoms with Gasteiger partial charge in [0.1, 0.15) is 0 Å². The number of aryl methyl sites for hydroxylation is 2. The van der Waals surface area contributed by atoms with Crippen molar-refractivity contribution >= 4 is 18.3 Å². The molecule has 0 aliphatic rings. The summed E-state index contributed by atoms with van der Waals surface area (Å²) in [5, 5.41) is 0. The number of likely N-dealkylation sites (N-methyl/N-ethyl adjacent to an activating group) is 1. The van der Waals surface area contributed by atoms with Crippen LogP contribution in [-0.4, -0.2) is 30.4 Å². The maximum atomic E-state index is 12.1. The van der Waals surface area contributed by atoms with Gasteiger partial charge in [-0.15, -0.1) is 12.4 Å². The average molecular weight is 257 g/mol. The number of nitrogens with zero attached hydrogens (tertiary/aromatic N) is 1. The minimum absolute atomic E-state index is 0. The summed E-state index contributed by atoms with van der Waals surface area (Å²) in [6.45, 7) is 6.41. The Balaban J connectivity index is 0.00000256. The first kappa shape index (κ1) is 15.9. The fourth-order valence-corrected chi connectivity index (χ4v) is 1.60. The lowest BCUT2D eigenvalue weighted by Gasteiger charge is -2.24. The SMILES string of the molecule is Cc1ccc(C(=O)N(C)C(C)CN)c(C)c1.Cl. The van der Waals surface area contributed by atoms with Crippen LogP contribution < -0.4 is 5.73 Å². The van der Waals surface area contributed by atoms with Gasteiger partial charge in [0, 0.05) is 25.2 Å². The van der Waals surface area contributed by atoms with Crippen LogP contribution in [0.25, 0.3) is 0 Å². The van der Waals surface area contributed by atoms with Gasteiger partial charge in [0.2, 0.25) is 0 Å². The van der Waals surface area contributed by atoms with E-state index in [4.69, 9.17) is 5.73 Å². The van der Waals surface area contributed by atoms with Gasteiger partial charge >= 0.3 is 0 Å². The Hall–Kier alpha value is -1.06. The largest absolute Gasteiger partial charge is 0.338 e. The Morgan fingerprint density at radius 2 is 2.00 bits per heavy atom. The Morgan fingerprint density at radius 1 is 1.41 bits per heavy atom. The van der Waals surface area contributed by atoms with Crippen LogP contribution in [0.15, 0.2) is 18.2 Å². The Labute approximate surface area is 109 Å². The van der Waals surface area contributed by atoms with Gasteiger partial charge in [-0.05, 0) is 32.4 Å². The van der Waals surface area contributed by atoms with Crippen LogP contribution in [0.4, 0.5) is 0 Å². The molecule has 1 aromatic rings. The predicted octanol–water partition coefficient (Wildman–Crippen LogP) is 2.14. The lowest BCUT2D eigenvalue weighted by molar-refractivity contribution is 0.0747. The van der Waals surface area contributed by atoms with E-state index in [0.29, 0.717) is 6.54 Å². The van der Waals surface area contributed by atoms with E-state index < -0.39 is 0 Å². The van der Waals surface area contributed by atoms with E-state index in [0.717, 1.165) is 11.1 Å². The first-order valence-electron chi connectivity index (χ1n) is 5.52. The van der Waals surface area contributed by atoms with Crippen LogP contribution in [0.2, 0.25) is 0 Å². The van der Waals surface area contributed by atoms with Crippen molar-refractivity contribution < 1.29 is 4.79 Å². The zero-order valence-electron chi connectivity index (χ0n) is 10.9. The number of hydrogen-bond acceptors (Lipinski definition) is 2. The molecule has 0 bridgehead atoms. The molecule has 0 heterocycles. The molecular formula is C13H21ClN2O. The number of amides is 1. The van der Waals surface area contributed by atoms with Crippen LogP contribution >= 0.6 is 12.4 Å². The molecule has 1 aromatic carbocycles.